The molecule has 1 aliphatic carbocycles. The van der Waals surface area contributed by atoms with Crippen molar-refractivity contribution < 1.29 is 14.3 Å². The topological polar surface area (TPSA) is 55.4 Å². The summed E-state index contributed by atoms with van der Waals surface area (Å²) < 4.78 is 5.26. The third-order valence-corrected chi connectivity index (χ3v) is 5.65. The summed E-state index contributed by atoms with van der Waals surface area (Å²) >= 11 is 1.56. The molecule has 0 aromatic carbocycles. The van der Waals surface area contributed by atoms with Crippen LogP contribution in [0.4, 0.5) is 5.00 Å². The van der Waals surface area contributed by atoms with E-state index in [1.807, 2.05) is 6.92 Å². The van der Waals surface area contributed by atoms with Crippen molar-refractivity contribution in [2.45, 2.75) is 78.1 Å². The van der Waals surface area contributed by atoms with E-state index in [0.717, 1.165) is 31.2 Å². The molecular weight excluding hydrogens is 322 g/mol. The maximum Gasteiger partial charge on any atom is 0.341 e. The lowest BCUT2D eigenvalue weighted by Crippen LogP contribution is -2.12. The number of aryl methyl sites for hydroxylation is 1. The summed E-state index contributed by atoms with van der Waals surface area (Å²) in [6, 6.07) is 0. The first-order valence-electron chi connectivity index (χ1n) is 9.22. The number of nitrogens with one attached hydrogen (secondary N) is 1. The molecule has 1 aliphatic rings. The van der Waals surface area contributed by atoms with Gasteiger partial charge in [-0.1, -0.05) is 38.5 Å². The Morgan fingerprint density at radius 3 is 2.17 bits per heavy atom. The van der Waals surface area contributed by atoms with Gasteiger partial charge in [0.2, 0.25) is 5.91 Å². The Morgan fingerprint density at radius 1 is 1.00 bits per heavy atom. The van der Waals surface area contributed by atoms with Gasteiger partial charge in [-0.05, 0) is 38.2 Å². The van der Waals surface area contributed by atoms with Crippen LogP contribution in [0.5, 0.6) is 0 Å². The van der Waals surface area contributed by atoms with E-state index < -0.39 is 0 Å². The van der Waals surface area contributed by atoms with Gasteiger partial charge in [0.1, 0.15) is 5.00 Å². The minimum Gasteiger partial charge on any atom is -0.462 e. The van der Waals surface area contributed by atoms with Crippen molar-refractivity contribution in [1.29, 1.82) is 0 Å². The van der Waals surface area contributed by atoms with E-state index in [-0.39, 0.29) is 11.9 Å². The fourth-order valence-corrected chi connectivity index (χ4v) is 4.62. The molecule has 1 amide bonds. The molecule has 4 nitrogen and oxygen atoms in total. The van der Waals surface area contributed by atoms with Gasteiger partial charge in [-0.3, -0.25) is 4.79 Å². The van der Waals surface area contributed by atoms with Crippen molar-refractivity contribution in [3.8, 4) is 0 Å². The highest BCUT2D eigenvalue weighted by Crippen LogP contribution is 2.37. The molecule has 0 fully saturated rings. The lowest BCUT2D eigenvalue weighted by atomic mass is 9.97. The number of carbonyl (C=O) groups is 2. The zero-order chi connectivity index (χ0) is 17.4. The molecule has 5 heteroatoms. The average molecular weight is 352 g/mol. The SMILES string of the molecule is CCOC(=O)c1c(NC(C)=O)sc2c1CCCCCCCCCC2. The molecule has 0 saturated carbocycles. The second-order valence-corrected chi connectivity index (χ2v) is 7.54. The highest BCUT2D eigenvalue weighted by Gasteiger charge is 2.25. The Bertz CT molecular complexity index is 565. The second-order valence-electron chi connectivity index (χ2n) is 6.44. The van der Waals surface area contributed by atoms with Gasteiger partial charge in [0.15, 0.2) is 0 Å². The van der Waals surface area contributed by atoms with Crippen LogP contribution < -0.4 is 5.32 Å². The number of hydrogen-bond donors (Lipinski definition) is 1. The van der Waals surface area contributed by atoms with Crippen LogP contribution in [0.2, 0.25) is 0 Å². The van der Waals surface area contributed by atoms with Crippen LogP contribution in [-0.2, 0) is 22.4 Å². The predicted octanol–water partition coefficient (Wildman–Crippen LogP) is 5.10. The monoisotopic (exact) mass is 351 g/mol. The van der Waals surface area contributed by atoms with Crippen molar-refractivity contribution in [3.05, 3.63) is 16.0 Å². The van der Waals surface area contributed by atoms with E-state index in [1.54, 1.807) is 11.3 Å². The van der Waals surface area contributed by atoms with Gasteiger partial charge in [0.25, 0.3) is 0 Å². The van der Waals surface area contributed by atoms with Crippen LogP contribution in [0, 0.1) is 0 Å². The quantitative estimate of drug-likeness (QED) is 0.771. The molecule has 0 unspecified atom stereocenters. The Labute approximate surface area is 149 Å². The van der Waals surface area contributed by atoms with Gasteiger partial charge >= 0.3 is 5.97 Å². The first-order chi connectivity index (χ1) is 11.6. The molecule has 0 aliphatic heterocycles. The standard InChI is InChI=1S/C19H29NO3S/c1-3-23-19(22)17-15-12-10-8-6-4-5-7-9-11-13-16(15)24-18(17)20-14(2)21/h3-13H2,1-2H3,(H,20,21). The van der Waals surface area contributed by atoms with E-state index >= 15 is 0 Å². The van der Waals surface area contributed by atoms with Crippen LogP contribution in [0.3, 0.4) is 0 Å². The Balaban J connectivity index is 2.33. The van der Waals surface area contributed by atoms with Crippen LogP contribution in [0.25, 0.3) is 0 Å². The third-order valence-electron chi connectivity index (χ3n) is 4.44. The average Bonchev–Trinajstić information content (AvgIpc) is 2.84. The molecule has 2 rings (SSSR count). The number of carbonyl (C=O) groups excluding carboxylic acids is 2. The third kappa shape index (κ3) is 5.33. The maximum atomic E-state index is 12.5. The molecule has 0 radical (unpaired) electrons. The predicted molar refractivity (Wildman–Crippen MR) is 98.9 cm³/mol. The molecule has 24 heavy (non-hydrogen) atoms. The number of hydrogen-bond acceptors (Lipinski definition) is 4. The van der Waals surface area contributed by atoms with Gasteiger partial charge in [-0.2, -0.15) is 0 Å². The summed E-state index contributed by atoms with van der Waals surface area (Å²) in [5, 5.41) is 3.51. The summed E-state index contributed by atoms with van der Waals surface area (Å²) in [6.07, 6.45) is 11.8. The van der Waals surface area contributed by atoms with Gasteiger partial charge in [-0.15, -0.1) is 11.3 Å². The first kappa shape index (κ1) is 19.0. The van der Waals surface area contributed by atoms with E-state index in [9.17, 15) is 9.59 Å². The molecule has 1 heterocycles. The molecule has 0 bridgehead atoms. The van der Waals surface area contributed by atoms with Crippen LogP contribution in [0.15, 0.2) is 0 Å². The fourth-order valence-electron chi connectivity index (χ4n) is 3.29. The summed E-state index contributed by atoms with van der Waals surface area (Å²) in [7, 11) is 0. The van der Waals surface area contributed by atoms with Crippen LogP contribution >= 0.6 is 11.3 Å². The van der Waals surface area contributed by atoms with Gasteiger partial charge < -0.3 is 10.1 Å². The van der Waals surface area contributed by atoms with Crippen molar-refractivity contribution in [2.24, 2.45) is 0 Å². The first-order valence-corrected chi connectivity index (χ1v) is 10.0. The number of esters is 1. The zero-order valence-corrected chi connectivity index (χ0v) is 15.7. The van der Waals surface area contributed by atoms with Crippen molar-refractivity contribution >= 4 is 28.2 Å². The highest BCUT2D eigenvalue weighted by atomic mass is 32.1. The highest BCUT2D eigenvalue weighted by molar-refractivity contribution is 7.17. The van der Waals surface area contributed by atoms with E-state index in [1.165, 1.54) is 50.3 Å². The Kier molecular flexibility index (Phi) is 7.76. The van der Waals surface area contributed by atoms with Gasteiger partial charge in [0.05, 0.1) is 12.2 Å². The van der Waals surface area contributed by atoms with Gasteiger partial charge in [0, 0.05) is 11.8 Å². The molecular formula is C19H29NO3S. The number of amides is 1. The summed E-state index contributed by atoms with van der Waals surface area (Å²) in [4.78, 5) is 25.3. The molecule has 0 spiro atoms. The van der Waals surface area contributed by atoms with E-state index in [0.29, 0.717) is 17.2 Å². The minimum atomic E-state index is -0.300. The van der Waals surface area contributed by atoms with Crippen LogP contribution in [0.1, 0.15) is 86.0 Å². The molecule has 0 atom stereocenters. The zero-order valence-electron chi connectivity index (χ0n) is 14.9. The van der Waals surface area contributed by atoms with E-state index in [2.05, 4.69) is 5.32 Å². The number of rotatable bonds is 3. The lowest BCUT2D eigenvalue weighted by Gasteiger charge is -2.10. The number of anilines is 1. The summed E-state index contributed by atoms with van der Waals surface area (Å²) in [5.74, 6) is -0.441. The van der Waals surface area contributed by atoms with Crippen molar-refractivity contribution in [2.75, 3.05) is 11.9 Å². The number of thiophene rings is 1. The van der Waals surface area contributed by atoms with Crippen molar-refractivity contribution in [3.63, 3.8) is 0 Å². The fraction of sp³-hybridized carbons (Fsp3) is 0.684. The maximum absolute atomic E-state index is 12.5. The summed E-state index contributed by atoms with van der Waals surface area (Å²) in [5.41, 5.74) is 1.71. The molecule has 1 aromatic rings. The van der Waals surface area contributed by atoms with Crippen molar-refractivity contribution in [1.82, 2.24) is 0 Å². The van der Waals surface area contributed by atoms with Gasteiger partial charge in [-0.25, -0.2) is 4.79 Å². The number of ether oxygens (including phenoxy) is 1. The molecule has 1 N–H and O–H groups in total. The summed E-state index contributed by atoms with van der Waals surface area (Å²) in [6.45, 7) is 3.65. The molecule has 134 valence electrons. The largest absolute Gasteiger partial charge is 0.462 e. The number of fused-ring (bicyclic) bond motifs is 1. The minimum absolute atomic E-state index is 0.141. The van der Waals surface area contributed by atoms with E-state index in [4.69, 9.17) is 4.74 Å². The Morgan fingerprint density at radius 2 is 1.58 bits per heavy atom. The molecule has 1 aromatic heterocycles. The second kappa shape index (κ2) is 9.82. The molecule has 0 saturated heterocycles. The van der Waals surface area contributed by atoms with Crippen LogP contribution in [-0.4, -0.2) is 18.5 Å². The Hall–Kier alpha value is -1.36. The normalized spacial score (nSPS) is 16.4. The smallest absolute Gasteiger partial charge is 0.341 e. The lowest BCUT2D eigenvalue weighted by molar-refractivity contribution is -0.114.